The van der Waals surface area contributed by atoms with Gasteiger partial charge in [0.05, 0.1) is 11.2 Å². The topological polar surface area (TPSA) is 18.5 Å². The number of hydrogen-bond donors (Lipinski definition) is 0. The largest absolute Gasteiger partial charge is 0.525 e. The average molecular weight is 312 g/mol. The summed E-state index contributed by atoms with van der Waals surface area (Å²) in [6.45, 7) is 8.84. The molecule has 1 aromatic carbocycles. The molecule has 2 nitrogen and oxygen atoms in total. The Kier molecular flexibility index (Phi) is 4.46. The number of halogens is 3. The van der Waals surface area contributed by atoms with Gasteiger partial charge in [-0.2, -0.15) is 0 Å². The molecule has 6 heteroatoms. The molecule has 0 saturated carbocycles. The van der Waals surface area contributed by atoms with Crippen LogP contribution in [-0.2, 0) is 9.31 Å². The van der Waals surface area contributed by atoms with Crippen molar-refractivity contribution in [1.29, 1.82) is 0 Å². The van der Waals surface area contributed by atoms with Crippen molar-refractivity contribution < 1.29 is 22.5 Å². The Labute approximate surface area is 129 Å². The first-order chi connectivity index (χ1) is 10.0. The molecule has 0 unspecified atom stereocenters. The quantitative estimate of drug-likeness (QED) is 0.741. The van der Waals surface area contributed by atoms with E-state index >= 15 is 0 Å². The predicted octanol–water partition coefficient (Wildman–Crippen LogP) is 4.87. The summed E-state index contributed by atoms with van der Waals surface area (Å²) in [6, 6.07) is 4.41. The van der Waals surface area contributed by atoms with E-state index in [1.165, 1.54) is 18.2 Å². The standard InChI is InChI=1S/C16H20BF3O2/c1-10-11(7-6-8-12(10)14(19)20)9-13(18)17-21-15(2,3)16(4,5)22-17/h6-9,14H,1-5H3. The molecular formula is C16H20BF3O2. The minimum absolute atomic E-state index is 0.101. The monoisotopic (exact) mass is 312 g/mol. The number of benzene rings is 1. The van der Waals surface area contributed by atoms with Crippen LogP contribution in [0.5, 0.6) is 0 Å². The van der Waals surface area contributed by atoms with Crippen molar-refractivity contribution in [3.05, 3.63) is 40.6 Å². The maximum atomic E-state index is 14.4. The first kappa shape index (κ1) is 17.1. The fraction of sp³-hybridized carbons (Fsp3) is 0.500. The Hall–Kier alpha value is -1.27. The molecule has 1 saturated heterocycles. The van der Waals surface area contributed by atoms with E-state index in [0.717, 1.165) is 0 Å². The van der Waals surface area contributed by atoms with Crippen LogP contribution in [0.25, 0.3) is 6.08 Å². The highest BCUT2D eigenvalue weighted by atomic mass is 19.3. The average Bonchev–Trinajstić information content (AvgIpc) is 2.60. The molecule has 0 atom stereocenters. The first-order valence-electron chi connectivity index (χ1n) is 7.15. The zero-order chi connectivity index (χ0) is 16.7. The molecule has 2 rings (SSSR count). The van der Waals surface area contributed by atoms with E-state index in [0.29, 0.717) is 11.1 Å². The van der Waals surface area contributed by atoms with E-state index in [1.54, 1.807) is 13.0 Å². The Morgan fingerprint density at radius 1 is 1.14 bits per heavy atom. The molecule has 0 amide bonds. The maximum absolute atomic E-state index is 14.4. The van der Waals surface area contributed by atoms with E-state index < -0.39 is 30.5 Å². The van der Waals surface area contributed by atoms with Crippen molar-refractivity contribution in [2.24, 2.45) is 0 Å². The van der Waals surface area contributed by atoms with Gasteiger partial charge in [-0.3, -0.25) is 0 Å². The summed E-state index contributed by atoms with van der Waals surface area (Å²) in [7, 11) is -1.13. The van der Waals surface area contributed by atoms with Gasteiger partial charge in [0.2, 0.25) is 0 Å². The summed E-state index contributed by atoms with van der Waals surface area (Å²) >= 11 is 0. The van der Waals surface area contributed by atoms with Crippen LogP contribution in [0.1, 0.15) is 50.8 Å². The summed E-state index contributed by atoms with van der Waals surface area (Å²) in [5.41, 5.74) is -1.29. The molecule has 0 aromatic heterocycles. The van der Waals surface area contributed by atoms with Crippen LogP contribution < -0.4 is 0 Å². The Morgan fingerprint density at radius 3 is 2.18 bits per heavy atom. The highest BCUT2D eigenvalue weighted by Crippen LogP contribution is 2.39. The Bertz CT molecular complexity index is 581. The normalized spacial score (nSPS) is 20.8. The lowest BCUT2D eigenvalue weighted by Crippen LogP contribution is -2.41. The van der Waals surface area contributed by atoms with Crippen LogP contribution in [0.2, 0.25) is 0 Å². The second kappa shape index (κ2) is 5.74. The van der Waals surface area contributed by atoms with Gasteiger partial charge in [0, 0.05) is 5.56 Å². The third-order valence-corrected chi connectivity index (χ3v) is 4.42. The molecule has 1 aliphatic rings. The molecular weight excluding hydrogens is 292 g/mol. The summed E-state index contributed by atoms with van der Waals surface area (Å²) in [4.78, 5) is 0. The second-order valence-electron chi connectivity index (χ2n) is 6.48. The van der Waals surface area contributed by atoms with Crippen LogP contribution in [0.4, 0.5) is 13.2 Å². The molecule has 1 fully saturated rings. The van der Waals surface area contributed by atoms with E-state index in [9.17, 15) is 13.2 Å². The minimum Gasteiger partial charge on any atom is -0.398 e. The van der Waals surface area contributed by atoms with Gasteiger partial charge in [-0.25, -0.2) is 13.2 Å². The SMILES string of the molecule is Cc1c(C=C(F)B2OC(C)(C)C(C)(C)O2)cccc1C(F)F. The van der Waals surface area contributed by atoms with Crippen LogP contribution in [-0.4, -0.2) is 18.3 Å². The molecule has 22 heavy (non-hydrogen) atoms. The van der Waals surface area contributed by atoms with Crippen molar-refractivity contribution in [1.82, 2.24) is 0 Å². The maximum Gasteiger partial charge on any atom is 0.525 e. The molecule has 0 bridgehead atoms. The Balaban J connectivity index is 2.30. The fourth-order valence-corrected chi connectivity index (χ4v) is 2.24. The van der Waals surface area contributed by atoms with E-state index in [1.807, 2.05) is 27.7 Å². The number of alkyl halides is 2. The molecule has 1 aromatic rings. The van der Waals surface area contributed by atoms with Gasteiger partial charge in [0.1, 0.15) is 5.73 Å². The van der Waals surface area contributed by atoms with Gasteiger partial charge >= 0.3 is 7.12 Å². The summed E-state index contributed by atoms with van der Waals surface area (Å²) in [6.07, 6.45) is -1.39. The lowest BCUT2D eigenvalue weighted by atomic mass is 9.86. The third-order valence-electron chi connectivity index (χ3n) is 4.42. The van der Waals surface area contributed by atoms with E-state index in [4.69, 9.17) is 9.31 Å². The molecule has 1 heterocycles. The van der Waals surface area contributed by atoms with Gasteiger partial charge < -0.3 is 9.31 Å². The Morgan fingerprint density at radius 2 is 1.68 bits per heavy atom. The molecule has 0 aliphatic carbocycles. The van der Waals surface area contributed by atoms with Crippen LogP contribution in [0, 0.1) is 6.92 Å². The van der Waals surface area contributed by atoms with E-state index in [2.05, 4.69) is 0 Å². The van der Waals surface area contributed by atoms with Crippen LogP contribution in [0.3, 0.4) is 0 Å². The van der Waals surface area contributed by atoms with Crippen molar-refractivity contribution in [3.8, 4) is 0 Å². The molecule has 120 valence electrons. The summed E-state index contributed by atoms with van der Waals surface area (Å²) in [5.74, 6) is 0. The van der Waals surface area contributed by atoms with Gasteiger partial charge in [-0.05, 0) is 51.8 Å². The zero-order valence-corrected chi connectivity index (χ0v) is 13.4. The lowest BCUT2D eigenvalue weighted by molar-refractivity contribution is 0.00578. The second-order valence-corrected chi connectivity index (χ2v) is 6.48. The van der Waals surface area contributed by atoms with Gasteiger partial charge in [0.15, 0.2) is 0 Å². The molecule has 0 N–H and O–H groups in total. The van der Waals surface area contributed by atoms with Gasteiger partial charge in [-0.15, -0.1) is 0 Å². The molecule has 0 spiro atoms. The minimum atomic E-state index is -2.59. The number of hydrogen-bond acceptors (Lipinski definition) is 2. The smallest absolute Gasteiger partial charge is 0.398 e. The van der Waals surface area contributed by atoms with Crippen LogP contribution in [0.15, 0.2) is 23.9 Å². The van der Waals surface area contributed by atoms with Crippen molar-refractivity contribution >= 4 is 13.2 Å². The highest BCUT2D eigenvalue weighted by Gasteiger charge is 2.53. The zero-order valence-electron chi connectivity index (χ0n) is 13.4. The lowest BCUT2D eigenvalue weighted by Gasteiger charge is -2.32. The predicted molar refractivity (Wildman–Crippen MR) is 81.3 cm³/mol. The summed E-state index contributed by atoms with van der Waals surface area (Å²) < 4.78 is 51.4. The highest BCUT2D eigenvalue weighted by molar-refractivity contribution is 6.54. The molecule has 1 aliphatic heterocycles. The molecule has 0 radical (unpaired) electrons. The fourth-order valence-electron chi connectivity index (χ4n) is 2.24. The van der Waals surface area contributed by atoms with Crippen molar-refractivity contribution in [3.63, 3.8) is 0 Å². The van der Waals surface area contributed by atoms with Gasteiger partial charge in [-0.1, -0.05) is 18.2 Å². The van der Waals surface area contributed by atoms with Crippen molar-refractivity contribution in [2.45, 2.75) is 52.2 Å². The van der Waals surface area contributed by atoms with Crippen molar-refractivity contribution in [2.75, 3.05) is 0 Å². The summed E-state index contributed by atoms with van der Waals surface area (Å²) in [5, 5.41) is 0. The number of rotatable bonds is 3. The van der Waals surface area contributed by atoms with E-state index in [-0.39, 0.29) is 5.56 Å². The van der Waals surface area contributed by atoms with Gasteiger partial charge in [0.25, 0.3) is 6.43 Å². The van der Waals surface area contributed by atoms with Crippen LogP contribution >= 0.6 is 0 Å². The first-order valence-corrected chi connectivity index (χ1v) is 7.15. The third kappa shape index (κ3) is 3.08.